The molecule has 0 aromatic rings. The van der Waals surface area contributed by atoms with Crippen molar-refractivity contribution in [1.29, 1.82) is 0 Å². The van der Waals surface area contributed by atoms with Crippen molar-refractivity contribution in [3.05, 3.63) is 34.7 Å². The van der Waals surface area contributed by atoms with E-state index in [0.717, 1.165) is 50.2 Å². The number of rotatable bonds is 9. The molecule has 0 amide bonds. The van der Waals surface area contributed by atoms with E-state index in [0.29, 0.717) is 11.8 Å². The number of fused-ring (bicyclic) bond motifs is 1. The van der Waals surface area contributed by atoms with Gasteiger partial charge in [-0.1, -0.05) is 46.1 Å². The van der Waals surface area contributed by atoms with Crippen molar-refractivity contribution in [2.45, 2.75) is 84.7 Å². The van der Waals surface area contributed by atoms with Crippen molar-refractivity contribution >= 4 is 23.5 Å². The van der Waals surface area contributed by atoms with Crippen molar-refractivity contribution in [2.75, 3.05) is 0 Å². The maximum Gasteiger partial charge on any atom is 0.326 e. The minimum Gasteiger partial charge on any atom is -0.480 e. The van der Waals surface area contributed by atoms with Crippen LogP contribution >= 0.6 is 0 Å². The van der Waals surface area contributed by atoms with Gasteiger partial charge in [0.25, 0.3) is 0 Å². The zero-order valence-electron chi connectivity index (χ0n) is 21.1. The molecule has 0 saturated heterocycles. The van der Waals surface area contributed by atoms with Crippen LogP contribution in [0.4, 0.5) is 0 Å². The Balaban J connectivity index is 2.05. The normalized spacial score (nSPS) is 25.9. The molecule has 0 aliphatic heterocycles. The zero-order chi connectivity index (χ0) is 25.9. The minimum absolute atomic E-state index is 0.0245. The van der Waals surface area contributed by atoms with Crippen LogP contribution in [0.3, 0.4) is 0 Å². The fourth-order valence-corrected chi connectivity index (χ4v) is 5.56. The third-order valence-corrected chi connectivity index (χ3v) is 7.51. The summed E-state index contributed by atoms with van der Waals surface area (Å²) in [6.07, 6.45) is 10.5. The second-order valence-corrected chi connectivity index (χ2v) is 10.7. The lowest BCUT2D eigenvalue weighted by molar-refractivity contribution is -0.141. The van der Waals surface area contributed by atoms with Gasteiger partial charge in [-0.2, -0.15) is 0 Å². The Morgan fingerprint density at radius 2 is 1.49 bits per heavy atom. The Hall–Kier alpha value is -2.90. The van der Waals surface area contributed by atoms with E-state index in [9.17, 15) is 29.4 Å². The number of aliphatic carboxylic acids is 2. The molecule has 2 saturated carbocycles. The third kappa shape index (κ3) is 6.03. The van der Waals surface area contributed by atoms with Crippen LogP contribution < -0.4 is 10.6 Å². The lowest BCUT2D eigenvalue weighted by atomic mass is 9.68. The van der Waals surface area contributed by atoms with E-state index in [2.05, 4.69) is 10.6 Å². The van der Waals surface area contributed by atoms with Crippen molar-refractivity contribution < 1.29 is 29.4 Å². The number of hydrogen-bond acceptors (Lipinski definition) is 6. The number of allylic oxidation sites excluding steroid dienone is 4. The molecule has 8 heteroatoms. The molecule has 4 atom stereocenters. The number of carboxylic acids is 2. The van der Waals surface area contributed by atoms with Gasteiger partial charge in [0.15, 0.2) is 0 Å². The smallest absolute Gasteiger partial charge is 0.326 e. The van der Waals surface area contributed by atoms with Gasteiger partial charge in [0.2, 0.25) is 11.6 Å². The molecule has 0 heterocycles. The quantitative estimate of drug-likeness (QED) is 0.364. The first-order valence-corrected chi connectivity index (χ1v) is 12.7. The molecule has 3 aliphatic rings. The highest BCUT2D eigenvalue weighted by molar-refractivity contribution is 6.23. The van der Waals surface area contributed by atoms with Crippen LogP contribution in [-0.2, 0) is 19.2 Å². The summed E-state index contributed by atoms with van der Waals surface area (Å²) < 4.78 is 0. The average molecular weight is 487 g/mol. The number of carbonyl (C=O) groups is 4. The maximum absolute atomic E-state index is 13.7. The Morgan fingerprint density at radius 3 is 2.09 bits per heavy atom. The first-order chi connectivity index (χ1) is 16.5. The number of carbonyl (C=O) groups excluding carboxylic acids is 2. The molecule has 2 unspecified atom stereocenters. The van der Waals surface area contributed by atoms with E-state index >= 15 is 0 Å². The first-order valence-electron chi connectivity index (χ1n) is 12.7. The van der Waals surface area contributed by atoms with E-state index in [1.54, 1.807) is 33.8 Å². The molecule has 0 spiro atoms. The number of ketones is 2. The number of hydrogen-bond donors (Lipinski definition) is 4. The van der Waals surface area contributed by atoms with Gasteiger partial charge >= 0.3 is 11.9 Å². The molecule has 4 N–H and O–H groups in total. The molecular formula is C27H38N2O6. The Kier molecular flexibility index (Phi) is 8.56. The van der Waals surface area contributed by atoms with E-state index in [1.165, 1.54) is 6.42 Å². The summed E-state index contributed by atoms with van der Waals surface area (Å²) in [6.45, 7) is 6.91. The molecule has 3 aliphatic carbocycles. The second kappa shape index (κ2) is 11.2. The highest BCUT2D eigenvalue weighted by Crippen LogP contribution is 2.44. The molecule has 2 fully saturated rings. The number of carboxylic acid groups (broad SMARTS) is 2. The van der Waals surface area contributed by atoms with Crippen molar-refractivity contribution in [3.8, 4) is 0 Å². The Labute approximate surface area is 206 Å². The van der Waals surface area contributed by atoms with Gasteiger partial charge in [0.1, 0.15) is 12.1 Å². The van der Waals surface area contributed by atoms with E-state index < -0.39 is 35.6 Å². The predicted octanol–water partition coefficient (Wildman–Crippen LogP) is 3.59. The topological polar surface area (TPSA) is 133 Å². The SMILES string of the molecule is CC(C)[C@@H](NC1=CC(=O)C(N[C@@H](C(=O)O)C(C)C)=C(/C=C2\CCCC3CCCCC23)C1=O)C(=O)O. The highest BCUT2D eigenvalue weighted by atomic mass is 16.4. The molecule has 8 nitrogen and oxygen atoms in total. The van der Waals surface area contributed by atoms with Crippen LogP contribution in [-0.4, -0.2) is 45.8 Å². The lowest BCUT2D eigenvalue weighted by Gasteiger charge is -2.38. The van der Waals surface area contributed by atoms with E-state index in [4.69, 9.17) is 0 Å². The van der Waals surface area contributed by atoms with Gasteiger partial charge in [-0.25, -0.2) is 9.59 Å². The minimum atomic E-state index is -1.11. The standard InChI is InChI=1S/C27H38N2O6/c1-14(2)22(26(32)33)28-20-13-21(30)24(29-23(15(3)4)27(34)35)19(25(20)31)12-17-10-7-9-16-8-5-6-11-18(16)17/h12-16,18,22-23,28-29H,5-11H2,1-4H3,(H,32,33)(H,34,35)/b17-12+/t16?,18?,22-,23-/m1/s1. The summed E-state index contributed by atoms with van der Waals surface area (Å²) >= 11 is 0. The van der Waals surface area contributed by atoms with Crippen molar-refractivity contribution in [1.82, 2.24) is 10.6 Å². The lowest BCUT2D eigenvalue weighted by Crippen LogP contribution is -2.46. The van der Waals surface area contributed by atoms with Crippen molar-refractivity contribution in [3.63, 3.8) is 0 Å². The van der Waals surface area contributed by atoms with Gasteiger partial charge in [-0.05, 0) is 61.9 Å². The van der Waals surface area contributed by atoms with Crippen LogP contribution in [0.15, 0.2) is 34.7 Å². The molecule has 0 aromatic carbocycles. The largest absolute Gasteiger partial charge is 0.480 e. The average Bonchev–Trinajstić information content (AvgIpc) is 2.79. The molecule has 192 valence electrons. The van der Waals surface area contributed by atoms with Crippen LogP contribution in [0, 0.1) is 23.7 Å². The maximum atomic E-state index is 13.7. The van der Waals surface area contributed by atoms with Crippen LogP contribution in [0.2, 0.25) is 0 Å². The van der Waals surface area contributed by atoms with Crippen LogP contribution in [0.1, 0.15) is 72.6 Å². The van der Waals surface area contributed by atoms with Crippen LogP contribution in [0.5, 0.6) is 0 Å². The molecule has 0 bridgehead atoms. The molecule has 0 aromatic heterocycles. The van der Waals surface area contributed by atoms with Gasteiger partial charge in [0.05, 0.1) is 17.0 Å². The number of Topliss-reactive ketones (excluding diaryl/α,β-unsaturated/α-hetero) is 1. The first kappa shape index (κ1) is 26.7. The van der Waals surface area contributed by atoms with Crippen molar-refractivity contribution in [2.24, 2.45) is 23.7 Å². The molecular weight excluding hydrogens is 448 g/mol. The summed E-state index contributed by atoms with van der Waals surface area (Å²) in [5.74, 6) is -2.95. The predicted molar refractivity (Wildman–Crippen MR) is 131 cm³/mol. The second-order valence-electron chi connectivity index (χ2n) is 10.7. The zero-order valence-corrected chi connectivity index (χ0v) is 21.1. The third-order valence-electron chi connectivity index (χ3n) is 7.51. The molecule has 0 radical (unpaired) electrons. The molecule has 3 rings (SSSR count). The van der Waals surface area contributed by atoms with Gasteiger partial charge in [-0.3, -0.25) is 9.59 Å². The van der Waals surface area contributed by atoms with E-state index in [-0.39, 0.29) is 28.8 Å². The fraction of sp³-hybridized carbons (Fsp3) is 0.630. The summed E-state index contributed by atoms with van der Waals surface area (Å²) in [7, 11) is 0. The van der Waals surface area contributed by atoms with Gasteiger partial charge < -0.3 is 20.8 Å². The van der Waals surface area contributed by atoms with Crippen LogP contribution in [0.25, 0.3) is 0 Å². The Morgan fingerprint density at radius 1 is 0.914 bits per heavy atom. The van der Waals surface area contributed by atoms with Gasteiger partial charge in [0, 0.05) is 6.08 Å². The summed E-state index contributed by atoms with van der Waals surface area (Å²) in [4.78, 5) is 50.5. The Bertz CT molecular complexity index is 972. The van der Waals surface area contributed by atoms with E-state index in [1.807, 2.05) is 0 Å². The highest BCUT2D eigenvalue weighted by Gasteiger charge is 2.36. The fourth-order valence-electron chi connectivity index (χ4n) is 5.56. The van der Waals surface area contributed by atoms with Gasteiger partial charge in [-0.15, -0.1) is 0 Å². The molecule has 35 heavy (non-hydrogen) atoms. The summed E-state index contributed by atoms with van der Waals surface area (Å²) in [5, 5.41) is 24.9. The summed E-state index contributed by atoms with van der Waals surface area (Å²) in [6, 6.07) is -2.09. The number of nitrogens with one attached hydrogen (secondary N) is 2. The monoisotopic (exact) mass is 486 g/mol. The summed E-state index contributed by atoms with van der Waals surface area (Å²) in [5.41, 5.74) is 1.16.